The van der Waals surface area contributed by atoms with Gasteiger partial charge < -0.3 is 9.52 Å². The lowest BCUT2D eigenvalue weighted by molar-refractivity contribution is 0.0662. The molecule has 0 aliphatic carbocycles. The third-order valence-electron chi connectivity index (χ3n) is 2.13. The molecule has 1 N–H and O–H groups in total. The van der Waals surface area contributed by atoms with Crippen LogP contribution >= 0.6 is 11.6 Å². The van der Waals surface area contributed by atoms with Crippen molar-refractivity contribution < 1.29 is 14.3 Å². The summed E-state index contributed by atoms with van der Waals surface area (Å²) in [6, 6.07) is 10.3. The van der Waals surface area contributed by atoms with Gasteiger partial charge in [0.2, 0.25) is 5.76 Å². The fourth-order valence-corrected chi connectivity index (χ4v) is 1.54. The second-order valence-electron chi connectivity index (χ2n) is 3.40. The Balaban J connectivity index is 2.17. The Hall–Kier alpha value is -2.00. The lowest BCUT2D eigenvalue weighted by Gasteiger charge is -1.93. The van der Waals surface area contributed by atoms with E-state index in [2.05, 4.69) is 0 Å². The van der Waals surface area contributed by atoms with Crippen LogP contribution in [0.4, 0.5) is 0 Å². The molecule has 3 nitrogen and oxygen atoms in total. The highest BCUT2D eigenvalue weighted by Crippen LogP contribution is 2.15. The van der Waals surface area contributed by atoms with Gasteiger partial charge in [-0.1, -0.05) is 29.8 Å². The van der Waals surface area contributed by atoms with Gasteiger partial charge in [-0.3, -0.25) is 0 Å². The predicted molar refractivity (Wildman–Crippen MR) is 66.0 cm³/mol. The summed E-state index contributed by atoms with van der Waals surface area (Å²) in [5.41, 5.74) is 0.922. The Kier molecular flexibility index (Phi) is 3.30. The van der Waals surface area contributed by atoms with Crippen molar-refractivity contribution in [2.75, 3.05) is 0 Å². The number of carboxylic acid groups (broad SMARTS) is 1. The molecule has 17 heavy (non-hydrogen) atoms. The van der Waals surface area contributed by atoms with Crippen molar-refractivity contribution in [3.8, 4) is 0 Å². The van der Waals surface area contributed by atoms with E-state index in [-0.39, 0.29) is 5.76 Å². The summed E-state index contributed by atoms with van der Waals surface area (Å²) in [6.45, 7) is 0. The highest BCUT2D eigenvalue weighted by Gasteiger charge is 2.06. The lowest BCUT2D eigenvalue weighted by Crippen LogP contribution is -1.91. The van der Waals surface area contributed by atoms with Crippen molar-refractivity contribution >= 4 is 29.7 Å². The minimum absolute atomic E-state index is 0.0734. The van der Waals surface area contributed by atoms with Gasteiger partial charge in [-0.05, 0) is 35.9 Å². The molecule has 2 aromatic rings. The van der Waals surface area contributed by atoms with Gasteiger partial charge in [0.1, 0.15) is 5.76 Å². The smallest absolute Gasteiger partial charge is 0.371 e. The molecule has 2 rings (SSSR count). The summed E-state index contributed by atoms with van der Waals surface area (Å²) in [5, 5.41) is 9.34. The molecule has 0 bridgehead atoms. The number of rotatable bonds is 3. The van der Waals surface area contributed by atoms with Gasteiger partial charge in [-0.15, -0.1) is 0 Å². The standard InChI is InChI=1S/C13H9ClO3/c14-10-3-1-2-9(8-10)4-5-11-6-7-12(17-11)13(15)16/h1-8H,(H,15,16)/b5-4+. The first-order valence-corrected chi connectivity index (χ1v) is 5.30. The summed E-state index contributed by atoms with van der Waals surface area (Å²) in [4.78, 5) is 10.6. The van der Waals surface area contributed by atoms with Crippen LogP contribution in [0, 0.1) is 0 Å². The van der Waals surface area contributed by atoms with Crippen LogP contribution in [-0.2, 0) is 0 Å². The van der Waals surface area contributed by atoms with Crippen molar-refractivity contribution in [2.45, 2.75) is 0 Å². The summed E-state index contributed by atoms with van der Waals surface area (Å²) < 4.78 is 5.08. The van der Waals surface area contributed by atoms with Crippen molar-refractivity contribution in [1.82, 2.24) is 0 Å². The quantitative estimate of drug-likeness (QED) is 0.899. The second-order valence-corrected chi connectivity index (χ2v) is 3.83. The molecule has 1 aromatic heterocycles. The van der Waals surface area contributed by atoms with Gasteiger partial charge in [0, 0.05) is 5.02 Å². The van der Waals surface area contributed by atoms with E-state index in [1.165, 1.54) is 6.07 Å². The molecule has 1 heterocycles. The molecule has 1 aromatic carbocycles. The largest absolute Gasteiger partial charge is 0.475 e. The molecule has 0 atom stereocenters. The molecule has 0 aliphatic rings. The average Bonchev–Trinajstić information content (AvgIpc) is 2.75. The Morgan fingerprint density at radius 3 is 2.71 bits per heavy atom. The molecule has 0 aliphatic heterocycles. The summed E-state index contributed by atoms with van der Waals surface area (Å²) >= 11 is 5.84. The first-order valence-electron chi connectivity index (χ1n) is 4.92. The van der Waals surface area contributed by atoms with Crippen LogP contribution < -0.4 is 0 Å². The molecular weight excluding hydrogens is 240 g/mol. The summed E-state index contributed by atoms with van der Waals surface area (Å²) in [6.07, 6.45) is 3.49. The third kappa shape index (κ3) is 2.98. The highest BCUT2D eigenvalue weighted by molar-refractivity contribution is 6.30. The fraction of sp³-hybridized carbons (Fsp3) is 0. The Labute approximate surface area is 103 Å². The first kappa shape index (κ1) is 11.5. The van der Waals surface area contributed by atoms with Crippen LogP contribution in [0.5, 0.6) is 0 Å². The minimum Gasteiger partial charge on any atom is -0.475 e. The van der Waals surface area contributed by atoms with Crippen molar-refractivity contribution in [3.05, 3.63) is 58.5 Å². The van der Waals surface area contributed by atoms with Crippen molar-refractivity contribution in [3.63, 3.8) is 0 Å². The van der Waals surface area contributed by atoms with E-state index in [0.717, 1.165) is 5.56 Å². The maximum Gasteiger partial charge on any atom is 0.371 e. The van der Waals surface area contributed by atoms with Crippen LogP contribution in [0.2, 0.25) is 5.02 Å². The normalized spacial score (nSPS) is 10.9. The zero-order valence-electron chi connectivity index (χ0n) is 8.76. The molecule has 0 unspecified atom stereocenters. The maximum atomic E-state index is 10.6. The highest BCUT2D eigenvalue weighted by atomic mass is 35.5. The predicted octanol–water partition coefficient (Wildman–Crippen LogP) is 3.80. The summed E-state index contributed by atoms with van der Waals surface area (Å²) in [7, 11) is 0. The van der Waals surface area contributed by atoms with E-state index in [0.29, 0.717) is 10.8 Å². The van der Waals surface area contributed by atoms with Crippen LogP contribution in [0.1, 0.15) is 21.9 Å². The van der Waals surface area contributed by atoms with Crippen LogP contribution in [0.25, 0.3) is 12.2 Å². The van der Waals surface area contributed by atoms with E-state index in [1.807, 2.05) is 12.1 Å². The van der Waals surface area contributed by atoms with E-state index >= 15 is 0 Å². The van der Waals surface area contributed by atoms with Crippen molar-refractivity contribution in [2.24, 2.45) is 0 Å². The number of hydrogen-bond acceptors (Lipinski definition) is 2. The number of carbonyl (C=O) groups is 1. The van der Waals surface area contributed by atoms with Crippen LogP contribution in [0.3, 0.4) is 0 Å². The zero-order chi connectivity index (χ0) is 12.3. The molecular formula is C13H9ClO3. The Morgan fingerprint density at radius 2 is 2.06 bits per heavy atom. The molecule has 0 radical (unpaired) electrons. The number of benzene rings is 1. The Morgan fingerprint density at radius 1 is 1.24 bits per heavy atom. The van der Waals surface area contributed by atoms with Gasteiger partial charge >= 0.3 is 5.97 Å². The number of aromatic carboxylic acids is 1. The SMILES string of the molecule is O=C(O)c1ccc(/C=C/c2cccc(Cl)c2)o1. The number of halogens is 1. The van der Waals surface area contributed by atoms with Crippen LogP contribution in [0.15, 0.2) is 40.8 Å². The molecule has 86 valence electrons. The van der Waals surface area contributed by atoms with Gasteiger partial charge in [-0.25, -0.2) is 4.79 Å². The van der Waals surface area contributed by atoms with Crippen molar-refractivity contribution in [1.29, 1.82) is 0 Å². The number of furan rings is 1. The molecule has 0 amide bonds. The molecule has 0 saturated heterocycles. The van der Waals surface area contributed by atoms with Gasteiger partial charge in [0.15, 0.2) is 0 Å². The molecule has 0 spiro atoms. The number of hydrogen-bond donors (Lipinski definition) is 1. The Bertz CT molecular complexity index is 570. The van der Waals surface area contributed by atoms with E-state index in [1.54, 1.807) is 30.4 Å². The fourth-order valence-electron chi connectivity index (χ4n) is 1.35. The van der Waals surface area contributed by atoms with Gasteiger partial charge in [0.25, 0.3) is 0 Å². The monoisotopic (exact) mass is 248 g/mol. The number of carboxylic acids is 1. The van der Waals surface area contributed by atoms with E-state index in [4.69, 9.17) is 21.1 Å². The zero-order valence-corrected chi connectivity index (χ0v) is 9.52. The van der Waals surface area contributed by atoms with E-state index < -0.39 is 5.97 Å². The second kappa shape index (κ2) is 4.89. The average molecular weight is 249 g/mol. The minimum atomic E-state index is -1.08. The topological polar surface area (TPSA) is 50.4 Å². The van der Waals surface area contributed by atoms with Gasteiger partial charge in [0.05, 0.1) is 0 Å². The first-order chi connectivity index (χ1) is 8.15. The maximum absolute atomic E-state index is 10.6. The van der Waals surface area contributed by atoms with E-state index in [9.17, 15) is 4.79 Å². The molecule has 0 saturated carbocycles. The third-order valence-corrected chi connectivity index (χ3v) is 2.36. The lowest BCUT2D eigenvalue weighted by atomic mass is 10.2. The summed E-state index contributed by atoms with van der Waals surface area (Å²) in [5.74, 6) is -0.662. The van der Waals surface area contributed by atoms with Gasteiger partial charge in [-0.2, -0.15) is 0 Å². The van der Waals surface area contributed by atoms with Crippen LogP contribution in [-0.4, -0.2) is 11.1 Å². The molecule has 0 fully saturated rings. The molecule has 4 heteroatoms.